The van der Waals surface area contributed by atoms with Gasteiger partial charge >= 0.3 is 0 Å². The summed E-state index contributed by atoms with van der Waals surface area (Å²) in [5.41, 5.74) is 5.59. The number of nitrogens with one attached hydrogen (secondary N) is 3. The molecule has 0 saturated carbocycles. The molecule has 1 saturated heterocycles. The number of aromatic nitrogens is 8. The van der Waals surface area contributed by atoms with Gasteiger partial charge in [-0.3, -0.25) is 19.1 Å². The third-order valence-corrected chi connectivity index (χ3v) is 4.47. The molecule has 0 radical (unpaired) electrons. The fraction of sp³-hybridized carbons (Fsp3) is 0.333. The highest BCUT2D eigenvalue weighted by Gasteiger charge is 2.43. The first-order chi connectivity index (χ1) is 14.4. The van der Waals surface area contributed by atoms with Crippen LogP contribution in [0.25, 0.3) is 22.3 Å². The van der Waals surface area contributed by atoms with E-state index in [4.69, 9.17) is 15.6 Å². The van der Waals surface area contributed by atoms with Crippen molar-refractivity contribution in [1.29, 1.82) is 0 Å². The average molecular weight is 419 g/mol. The Balaban J connectivity index is 0.000000168. The van der Waals surface area contributed by atoms with Crippen molar-refractivity contribution in [1.82, 2.24) is 39.5 Å². The number of ether oxygens (including phenoxy) is 1. The molecule has 0 aromatic carbocycles. The van der Waals surface area contributed by atoms with Gasteiger partial charge in [-0.15, -0.1) is 0 Å². The van der Waals surface area contributed by atoms with Gasteiger partial charge in [-0.2, -0.15) is 4.98 Å². The smallest absolute Gasteiger partial charge is 0.278 e. The van der Waals surface area contributed by atoms with Crippen molar-refractivity contribution in [3.63, 3.8) is 0 Å². The molecule has 0 aliphatic carbocycles. The second-order valence-electron chi connectivity index (χ2n) is 6.34. The van der Waals surface area contributed by atoms with Gasteiger partial charge in [-0.25, -0.2) is 15.0 Å². The number of imidazole rings is 2. The summed E-state index contributed by atoms with van der Waals surface area (Å²) < 4.78 is 6.70. The number of nitrogen functional groups attached to an aromatic ring is 1. The first-order valence-corrected chi connectivity index (χ1v) is 8.62. The van der Waals surface area contributed by atoms with Crippen molar-refractivity contribution in [3.8, 4) is 0 Å². The van der Waals surface area contributed by atoms with Crippen molar-refractivity contribution in [3.05, 3.63) is 39.7 Å². The van der Waals surface area contributed by atoms with E-state index in [1.807, 2.05) is 0 Å². The van der Waals surface area contributed by atoms with Gasteiger partial charge in [0.05, 0.1) is 25.6 Å². The highest BCUT2D eigenvalue weighted by atomic mass is 16.6. The lowest BCUT2D eigenvalue weighted by Gasteiger charge is -2.16. The van der Waals surface area contributed by atoms with Crippen molar-refractivity contribution in [2.75, 3.05) is 12.3 Å². The summed E-state index contributed by atoms with van der Waals surface area (Å²) in [5, 5.41) is 28.6. The number of fused-ring (bicyclic) bond motifs is 2. The third kappa shape index (κ3) is 3.30. The number of nitrogens with zero attached hydrogens (tertiary/aromatic N) is 5. The Bertz CT molecular complexity index is 1290. The number of nitrogens with two attached hydrogens (primary N) is 1. The lowest BCUT2D eigenvalue weighted by atomic mass is 10.1. The quantitative estimate of drug-likeness (QED) is 0.172. The van der Waals surface area contributed by atoms with Crippen LogP contribution in [-0.4, -0.2) is 79.7 Å². The highest BCUT2D eigenvalue weighted by molar-refractivity contribution is 5.69. The second-order valence-corrected chi connectivity index (χ2v) is 6.34. The second kappa shape index (κ2) is 7.64. The van der Waals surface area contributed by atoms with Gasteiger partial charge in [0, 0.05) is 0 Å². The molecule has 8 N–H and O–H groups in total. The van der Waals surface area contributed by atoms with Crippen LogP contribution in [0.3, 0.4) is 0 Å². The van der Waals surface area contributed by atoms with E-state index in [1.54, 1.807) is 0 Å². The van der Waals surface area contributed by atoms with E-state index < -0.39 is 36.7 Å². The van der Waals surface area contributed by atoms with Gasteiger partial charge in [-0.1, -0.05) is 0 Å². The summed E-state index contributed by atoms with van der Waals surface area (Å²) in [6.07, 6.45) is -0.389. The number of hydrogen-bond donors (Lipinski definition) is 7. The number of aliphatic hydroxyl groups excluding tert-OH is 3. The summed E-state index contributed by atoms with van der Waals surface area (Å²) in [6.45, 7) is -0.421. The van der Waals surface area contributed by atoms with E-state index in [-0.39, 0.29) is 22.7 Å². The predicted octanol–water partition coefficient (Wildman–Crippen LogP) is -3.04. The first kappa shape index (κ1) is 19.6. The van der Waals surface area contributed by atoms with E-state index in [2.05, 4.69) is 34.9 Å². The molecule has 1 aliphatic heterocycles. The van der Waals surface area contributed by atoms with Crippen LogP contribution < -0.4 is 16.9 Å². The lowest BCUT2D eigenvalue weighted by Crippen LogP contribution is -2.33. The number of hydrogen-bond acceptors (Lipinski definition) is 11. The van der Waals surface area contributed by atoms with Gasteiger partial charge in [0.25, 0.3) is 11.1 Å². The van der Waals surface area contributed by atoms with E-state index in [0.717, 1.165) is 0 Å². The molecular weight excluding hydrogens is 402 g/mol. The summed E-state index contributed by atoms with van der Waals surface area (Å²) in [6, 6.07) is 0. The Hall–Kier alpha value is -3.66. The molecule has 15 heteroatoms. The Labute approximate surface area is 165 Å². The number of aliphatic hydroxyl groups is 3. The summed E-state index contributed by atoms with van der Waals surface area (Å²) in [7, 11) is 0. The molecule has 0 unspecified atom stereocenters. The SMILES string of the molecule is Nc1nc2nc[nH]c2c(=O)[nH]1.O=c1[nH]cnc2c1ncn2[C@@H]1O[C@H](CO)[C@@H](O)[C@H]1O. The van der Waals surface area contributed by atoms with E-state index in [9.17, 15) is 19.8 Å². The molecule has 4 aromatic heterocycles. The molecule has 0 bridgehead atoms. The topological polar surface area (TPSA) is 234 Å². The molecule has 1 fully saturated rings. The Kier molecular flexibility index (Phi) is 5.00. The van der Waals surface area contributed by atoms with E-state index in [1.165, 1.54) is 23.5 Å². The zero-order chi connectivity index (χ0) is 21.4. The standard InChI is InChI=1S/C10H12N4O5.C5H5N5O/c15-1-4-6(16)7(17)10(19-4)14-3-13-5-8(14)11-2-12-9(5)18;6-5-9-3-2(4(11)10-5)7-1-8-3/h2-4,6-7,10,15-17H,1H2,(H,11,12,18);1H,(H4,6,7,8,9,10,11)/t4-,6-,7-,10-;/m1./s1. The van der Waals surface area contributed by atoms with Gasteiger partial charge in [-0.05, 0) is 0 Å². The number of anilines is 1. The van der Waals surface area contributed by atoms with Crippen molar-refractivity contribution >= 4 is 28.3 Å². The molecule has 0 amide bonds. The number of rotatable bonds is 2. The maximum absolute atomic E-state index is 11.5. The normalized spacial score (nSPS) is 23.6. The van der Waals surface area contributed by atoms with Crippen LogP contribution in [0, 0.1) is 0 Å². The van der Waals surface area contributed by atoms with Crippen LogP contribution in [0.4, 0.5) is 5.95 Å². The van der Waals surface area contributed by atoms with Crippen molar-refractivity contribution < 1.29 is 20.1 Å². The van der Waals surface area contributed by atoms with E-state index in [0.29, 0.717) is 11.2 Å². The van der Waals surface area contributed by atoms with Crippen LogP contribution >= 0.6 is 0 Å². The molecule has 5 rings (SSSR count). The summed E-state index contributed by atoms with van der Waals surface area (Å²) in [5.74, 6) is 0.0783. The summed E-state index contributed by atoms with van der Waals surface area (Å²) >= 11 is 0. The Morgan fingerprint density at radius 1 is 1.10 bits per heavy atom. The Morgan fingerprint density at radius 3 is 2.60 bits per heavy atom. The third-order valence-electron chi connectivity index (χ3n) is 4.47. The minimum absolute atomic E-state index is 0.0783. The molecule has 158 valence electrons. The largest absolute Gasteiger partial charge is 0.394 e. The highest BCUT2D eigenvalue weighted by Crippen LogP contribution is 2.30. The molecule has 4 atom stereocenters. The maximum atomic E-state index is 11.5. The van der Waals surface area contributed by atoms with Gasteiger partial charge < -0.3 is 35.8 Å². The van der Waals surface area contributed by atoms with Gasteiger partial charge in [0.1, 0.15) is 18.3 Å². The summed E-state index contributed by atoms with van der Waals surface area (Å²) in [4.78, 5) is 45.3. The molecule has 4 aromatic rings. The monoisotopic (exact) mass is 419 g/mol. The molecule has 15 nitrogen and oxygen atoms in total. The predicted molar refractivity (Wildman–Crippen MR) is 100 cm³/mol. The Morgan fingerprint density at radius 2 is 1.87 bits per heavy atom. The van der Waals surface area contributed by atoms with Crippen molar-refractivity contribution in [2.24, 2.45) is 0 Å². The number of aromatic amines is 3. The van der Waals surface area contributed by atoms with Crippen LogP contribution in [0.1, 0.15) is 6.23 Å². The lowest BCUT2D eigenvalue weighted by molar-refractivity contribution is -0.0511. The van der Waals surface area contributed by atoms with Gasteiger partial charge in [0.2, 0.25) is 5.95 Å². The van der Waals surface area contributed by atoms with Gasteiger partial charge in [0.15, 0.2) is 28.6 Å². The molecule has 0 spiro atoms. The van der Waals surface area contributed by atoms with Crippen LogP contribution in [0.5, 0.6) is 0 Å². The van der Waals surface area contributed by atoms with Crippen LogP contribution in [0.2, 0.25) is 0 Å². The molecular formula is C15H17N9O6. The molecule has 1 aliphatic rings. The molecule has 5 heterocycles. The minimum Gasteiger partial charge on any atom is -0.394 e. The van der Waals surface area contributed by atoms with Crippen LogP contribution in [-0.2, 0) is 4.74 Å². The fourth-order valence-electron chi connectivity index (χ4n) is 3.02. The average Bonchev–Trinajstić information content (AvgIpc) is 3.42. The zero-order valence-corrected chi connectivity index (χ0v) is 15.1. The maximum Gasteiger partial charge on any atom is 0.278 e. The van der Waals surface area contributed by atoms with Crippen LogP contribution in [0.15, 0.2) is 28.6 Å². The minimum atomic E-state index is -1.24. The first-order valence-electron chi connectivity index (χ1n) is 8.62. The zero-order valence-electron chi connectivity index (χ0n) is 15.1. The number of H-pyrrole nitrogens is 3. The van der Waals surface area contributed by atoms with E-state index >= 15 is 0 Å². The molecule has 30 heavy (non-hydrogen) atoms. The van der Waals surface area contributed by atoms with Crippen molar-refractivity contribution in [2.45, 2.75) is 24.5 Å². The fourth-order valence-corrected chi connectivity index (χ4v) is 3.02.